The first-order valence-electron chi connectivity index (χ1n) is 6.05. The third-order valence-electron chi connectivity index (χ3n) is 1.85. The Balaban J connectivity index is 0. The van der Waals surface area contributed by atoms with E-state index < -0.39 is 5.82 Å². The van der Waals surface area contributed by atoms with Gasteiger partial charge in [0, 0.05) is 17.1 Å². The highest BCUT2D eigenvalue weighted by atomic mass is 35.5. The first kappa shape index (κ1) is 18.4. The van der Waals surface area contributed by atoms with Crippen molar-refractivity contribution in [3.63, 3.8) is 0 Å². The molecule has 1 rings (SSSR count). The van der Waals surface area contributed by atoms with E-state index in [-0.39, 0.29) is 5.69 Å². The second-order valence-electron chi connectivity index (χ2n) is 2.79. The fraction of sp³-hybridized carbons (Fsp3) is 0.538. The molecule has 0 bridgehead atoms. The van der Waals surface area contributed by atoms with Crippen molar-refractivity contribution >= 4 is 23.0 Å². The fourth-order valence-corrected chi connectivity index (χ4v) is 1.27. The summed E-state index contributed by atoms with van der Waals surface area (Å²) >= 11 is 5.79. The summed E-state index contributed by atoms with van der Waals surface area (Å²) < 4.78 is 13.3. The summed E-state index contributed by atoms with van der Waals surface area (Å²) in [5, 5.41) is 3.33. The Morgan fingerprint density at radius 2 is 1.76 bits per heavy atom. The van der Waals surface area contributed by atoms with Gasteiger partial charge in [-0.15, -0.1) is 0 Å². The molecule has 100 valence electrons. The summed E-state index contributed by atoms with van der Waals surface area (Å²) in [5.41, 5.74) is 6.61. The van der Waals surface area contributed by atoms with Crippen LogP contribution in [0.15, 0.2) is 6.07 Å². The molecule has 4 heteroatoms. The number of rotatable bonds is 2. The number of nitrogen functional groups attached to an aromatic ring is 1. The third kappa shape index (κ3) is 5.26. The number of benzene rings is 1. The van der Waals surface area contributed by atoms with Crippen LogP contribution < -0.4 is 11.1 Å². The average molecular weight is 263 g/mol. The Labute approximate surface area is 109 Å². The van der Waals surface area contributed by atoms with E-state index >= 15 is 0 Å². The molecule has 0 fully saturated rings. The van der Waals surface area contributed by atoms with Crippen LogP contribution >= 0.6 is 11.6 Å². The van der Waals surface area contributed by atoms with Crippen LogP contribution in [0, 0.1) is 12.7 Å². The number of anilines is 2. The van der Waals surface area contributed by atoms with Gasteiger partial charge in [-0.3, -0.25) is 0 Å². The molecule has 0 radical (unpaired) electrons. The van der Waals surface area contributed by atoms with E-state index in [1.807, 2.05) is 34.6 Å². The molecule has 0 aliphatic heterocycles. The first-order valence-corrected chi connectivity index (χ1v) is 6.43. The predicted octanol–water partition coefficient (Wildman–Crippen LogP) is 4.85. The predicted molar refractivity (Wildman–Crippen MR) is 77.4 cm³/mol. The molecule has 0 saturated heterocycles. The third-order valence-corrected chi connectivity index (χ3v) is 2.24. The smallest absolute Gasteiger partial charge is 0.152 e. The zero-order valence-corrected chi connectivity index (χ0v) is 12.4. The van der Waals surface area contributed by atoms with Crippen molar-refractivity contribution in [3.8, 4) is 0 Å². The zero-order chi connectivity index (χ0) is 14.0. The average Bonchev–Trinajstić information content (AvgIpc) is 2.38. The van der Waals surface area contributed by atoms with E-state index in [4.69, 9.17) is 17.3 Å². The number of halogens is 2. The lowest BCUT2D eigenvalue weighted by atomic mass is 10.1. The fourth-order valence-electron chi connectivity index (χ4n) is 1.07. The standard InChI is InChI=1S/C9H12ClFN2.2C2H6/c1-3-13-7-4-6(10)5(2)8(11)9(7)12;2*1-2/h4,13H,3,12H2,1-2H3;2*1-2H3. The van der Waals surface area contributed by atoms with E-state index in [9.17, 15) is 4.39 Å². The van der Waals surface area contributed by atoms with Gasteiger partial charge in [0.25, 0.3) is 0 Å². The number of hydrogen-bond donors (Lipinski definition) is 2. The van der Waals surface area contributed by atoms with Gasteiger partial charge in [-0.25, -0.2) is 4.39 Å². The van der Waals surface area contributed by atoms with E-state index in [1.165, 1.54) is 0 Å². The summed E-state index contributed by atoms with van der Waals surface area (Å²) in [6, 6.07) is 1.64. The quantitative estimate of drug-likeness (QED) is 0.748. The minimum absolute atomic E-state index is 0.128. The van der Waals surface area contributed by atoms with Crippen molar-refractivity contribution in [2.75, 3.05) is 17.6 Å². The lowest BCUT2D eigenvalue weighted by Crippen LogP contribution is -2.04. The molecule has 1 aromatic rings. The van der Waals surface area contributed by atoms with Gasteiger partial charge < -0.3 is 11.1 Å². The summed E-state index contributed by atoms with van der Waals surface area (Å²) in [6.07, 6.45) is 0. The lowest BCUT2D eigenvalue weighted by molar-refractivity contribution is 0.624. The maximum atomic E-state index is 13.3. The van der Waals surface area contributed by atoms with Crippen molar-refractivity contribution in [1.82, 2.24) is 0 Å². The van der Waals surface area contributed by atoms with Gasteiger partial charge in [0.05, 0.1) is 11.4 Å². The van der Waals surface area contributed by atoms with Crippen LogP contribution in [0.2, 0.25) is 5.02 Å². The summed E-state index contributed by atoms with van der Waals surface area (Å²) in [6.45, 7) is 12.2. The molecule has 17 heavy (non-hydrogen) atoms. The highest BCUT2D eigenvalue weighted by Crippen LogP contribution is 2.30. The molecule has 0 saturated carbocycles. The highest BCUT2D eigenvalue weighted by molar-refractivity contribution is 6.31. The normalized spacial score (nSPS) is 8.47. The second-order valence-corrected chi connectivity index (χ2v) is 3.20. The van der Waals surface area contributed by atoms with E-state index in [1.54, 1.807) is 13.0 Å². The molecule has 0 aliphatic carbocycles. The van der Waals surface area contributed by atoms with Crippen LogP contribution in [0.1, 0.15) is 40.2 Å². The molecule has 0 aliphatic rings. The molecular formula is C13H24ClFN2. The van der Waals surface area contributed by atoms with Crippen LogP contribution in [-0.2, 0) is 0 Å². The van der Waals surface area contributed by atoms with Crippen molar-refractivity contribution in [2.45, 2.75) is 41.5 Å². The Bertz CT molecular complexity index is 328. The zero-order valence-electron chi connectivity index (χ0n) is 11.6. The Hall–Kier alpha value is -0.960. The Morgan fingerprint density at radius 1 is 1.29 bits per heavy atom. The summed E-state index contributed by atoms with van der Waals surface area (Å²) in [5.74, 6) is -0.441. The van der Waals surface area contributed by atoms with Crippen molar-refractivity contribution in [3.05, 3.63) is 22.5 Å². The van der Waals surface area contributed by atoms with Crippen molar-refractivity contribution < 1.29 is 4.39 Å². The molecule has 0 aromatic heterocycles. The summed E-state index contributed by atoms with van der Waals surface area (Å²) in [4.78, 5) is 0. The van der Waals surface area contributed by atoms with Crippen molar-refractivity contribution in [2.24, 2.45) is 0 Å². The van der Waals surface area contributed by atoms with Gasteiger partial charge in [-0.05, 0) is 19.9 Å². The van der Waals surface area contributed by atoms with Gasteiger partial charge in [0.1, 0.15) is 0 Å². The van der Waals surface area contributed by atoms with Gasteiger partial charge in [-0.1, -0.05) is 39.3 Å². The SMILES string of the molecule is CC.CC.CCNc1cc(Cl)c(C)c(F)c1N. The molecule has 2 nitrogen and oxygen atoms in total. The molecule has 0 spiro atoms. The van der Waals surface area contributed by atoms with E-state index in [2.05, 4.69) is 5.32 Å². The monoisotopic (exact) mass is 262 g/mol. The van der Waals surface area contributed by atoms with Gasteiger partial charge >= 0.3 is 0 Å². The maximum Gasteiger partial charge on any atom is 0.152 e. The molecular weight excluding hydrogens is 239 g/mol. The van der Waals surface area contributed by atoms with E-state index in [0.29, 0.717) is 22.8 Å². The number of nitrogens with two attached hydrogens (primary N) is 1. The molecule has 0 atom stereocenters. The molecule has 0 heterocycles. The van der Waals surface area contributed by atoms with Crippen LogP contribution in [0.5, 0.6) is 0 Å². The minimum Gasteiger partial charge on any atom is -0.395 e. The minimum atomic E-state index is -0.441. The van der Waals surface area contributed by atoms with Gasteiger partial charge in [0.15, 0.2) is 5.82 Å². The lowest BCUT2D eigenvalue weighted by Gasteiger charge is -2.10. The maximum absolute atomic E-state index is 13.3. The molecule has 3 N–H and O–H groups in total. The Morgan fingerprint density at radius 3 is 2.18 bits per heavy atom. The van der Waals surface area contributed by atoms with Crippen LogP contribution in [0.3, 0.4) is 0 Å². The Kier molecular flexibility index (Phi) is 11.1. The van der Waals surface area contributed by atoms with Crippen LogP contribution in [0.4, 0.5) is 15.8 Å². The molecule has 0 amide bonds. The van der Waals surface area contributed by atoms with Crippen LogP contribution in [-0.4, -0.2) is 6.54 Å². The number of nitrogens with one attached hydrogen (secondary N) is 1. The van der Waals surface area contributed by atoms with E-state index in [0.717, 1.165) is 0 Å². The van der Waals surface area contributed by atoms with Gasteiger partial charge in [0.2, 0.25) is 0 Å². The molecule has 0 unspecified atom stereocenters. The largest absolute Gasteiger partial charge is 0.395 e. The number of hydrogen-bond acceptors (Lipinski definition) is 2. The highest BCUT2D eigenvalue weighted by Gasteiger charge is 2.10. The summed E-state index contributed by atoms with van der Waals surface area (Å²) in [7, 11) is 0. The molecule has 1 aromatic carbocycles. The van der Waals surface area contributed by atoms with Gasteiger partial charge in [-0.2, -0.15) is 0 Å². The first-order chi connectivity index (χ1) is 8.07. The topological polar surface area (TPSA) is 38.0 Å². The van der Waals surface area contributed by atoms with Crippen molar-refractivity contribution in [1.29, 1.82) is 0 Å². The van der Waals surface area contributed by atoms with Crippen LogP contribution in [0.25, 0.3) is 0 Å². The second kappa shape index (κ2) is 10.2.